The Kier molecular flexibility index (Phi) is 14.4. The molecule has 6 bridgehead atoms. The van der Waals surface area contributed by atoms with Gasteiger partial charge in [-0.15, -0.1) is 0 Å². The van der Waals surface area contributed by atoms with Crippen LogP contribution in [0.15, 0.2) is 60.7 Å². The number of carboxylic acid groups (broad SMARTS) is 1. The highest BCUT2D eigenvalue weighted by Crippen LogP contribution is 2.52. The number of carboxylic acids is 1. The van der Waals surface area contributed by atoms with Crippen molar-refractivity contribution in [3.05, 3.63) is 94.0 Å². The third kappa shape index (κ3) is 9.61. The number of ether oxygens (including phenoxy) is 5. The van der Waals surface area contributed by atoms with Gasteiger partial charge in [-0.1, -0.05) is 82.9 Å². The molecule has 4 aliphatic heterocycles. The summed E-state index contributed by atoms with van der Waals surface area (Å²) in [5.74, 6) is 2.47. The molecule has 4 aliphatic rings. The Morgan fingerprint density at radius 3 is 2.10 bits per heavy atom. The smallest absolute Gasteiger partial charge is 0.201 e. The Morgan fingerprint density at radius 2 is 1.43 bits per heavy atom. The van der Waals surface area contributed by atoms with E-state index in [1.165, 1.54) is 44.9 Å². The number of phenols is 1. The van der Waals surface area contributed by atoms with Crippen molar-refractivity contribution in [2.45, 2.75) is 121 Å². The van der Waals surface area contributed by atoms with Crippen LogP contribution < -0.4 is 28.8 Å². The van der Waals surface area contributed by atoms with Gasteiger partial charge >= 0.3 is 0 Å². The number of carbonyl (C=O) groups excluding carboxylic acids is 1. The molecule has 8 rings (SSSR count). The minimum Gasteiger partial charge on any atom is -0.544 e. The van der Waals surface area contributed by atoms with Crippen LogP contribution in [0.5, 0.6) is 46.0 Å². The fraction of sp³-hybridized carbons (Fsp3) is 0.510. The third-order valence-electron chi connectivity index (χ3n) is 13.8. The number of likely N-dealkylation sites (N-methyl/N-ethyl adjacent to an activating group) is 2. The molecule has 0 amide bonds. The monoisotopic (exact) mass is 834 g/mol. The molecule has 4 aromatic rings. The molecule has 0 aromatic heterocycles. The van der Waals surface area contributed by atoms with Crippen LogP contribution in [0.2, 0.25) is 0 Å². The Bertz CT molecular complexity index is 2140. The molecule has 4 unspecified atom stereocenters. The number of benzene rings is 4. The zero-order valence-corrected chi connectivity index (χ0v) is 37.2. The number of unbranched alkanes of at least 4 members (excludes halogenated alkanes) is 9. The maximum absolute atomic E-state index is 13.3. The number of nitrogens with zero attached hydrogens (tertiary/aromatic N) is 2. The number of hydrogen-bond acceptors (Lipinski definition) is 9. The van der Waals surface area contributed by atoms with Crippen molar-refractivity contribution < 1.29 is 43.2 Å². The molecule has 0 aliphatic carbocycles. The van der Waals surface area contributed by atoms with E-state index in [0.29, 0.717) is 77.0 Å². The summed E-state index contributed by atoms with van der Waals surface area (Å²) in [7, 11) is 9.02. The number of fused-ring (bicyclic) bond motifs is 2. The molecule has 0 saturated carbocycles. The number of phenolic OH excluding ortho intramolecular Hbond substituents is 1. The molecule has 0 spiro atoms. The number of quaternary nitrogens is 1. The lowest BCUT2D eigenvalue weighted by Crippen LogP contribution is -2.63. The second-order valence-electron chi connectivity index (χ2n) is 17.7. The quantitative estimate of drug-likeness (QED) is 0.0872. The van der Waals surface area contributed by atoms with E-state index < -0.39 is 12.0 Å². The van der Waals surface area contributed by atoms with E-state index in [-0.39, 0.29) is 17.8 Å². The van der Waals surface area contributed by atoms with Gasteiger partial charge in [0.05, 0.1) is 40.9 Å². The predicted molar refractivity (Wildman–Crippen MR) is 236 cm³/mol. The first-order valence-electron chi connectivity index (χ1n) is 22.6. The molecule has 4 heterocycles. The Balaban J connectivity index is 1.31. The first kappa shape index (κ1) is 44.1. The summed E-state index contributed by atoms with van der Waals surface area (Å²) in [4.78, 5) is 15.6. The number of aromatic hydroxyl groups is 1. The Labute approximate surface area is 362 Å². The maximum Gasteiger partial charge on any atom is 0.201 e. The highest BCUT2D eigenvalue weighted by molar-refractivity contribution is 5.70. The van der Waals surface area contributed by atoms with Crippen LogP contribution >= 0.6 is 0 Å². The lowest BCUT2D eigenvalue weighted by atomic mass is 9.84. The summed E-state index contributed by atoms with van der Waals surface area (Å²) in [6.45, 7) is 3.68. The standard InChI is InChI=1S/C51H66N2O8/c1-7-8-9-10-11-12-13-14-15-16-17-41(51(55)56)53(3)27-25-36-31-44(58-5)46-33-39(36)42(53)29-34-18-21-38(22-19-34)60-45-30-35(20-23-43(45)57-4)28-40-48-37(24-26-52(40)2)32-47(59-6)49(54)50(48)61-46/h18-23,30-33,40-42H,7-17,24-29H2,1-6H3,(H-,54,55,56). The van der Waals surface area contributed by atoms with Crippen LogP contribution in [0.1, 0.15) is 123 Å². The van der Waals surface area contributed by atoms with E-state index >= 15 is 0 Å². The Hall–Kier alpha value is -4.93. The van der Waals surface area contributed by atoms with Gasteiger partial charge in [0.2, 0.25) is 5.75 Å². The molecule has 0 fully saturated rings. The second-order valence-corrected chi connectivity index (χ2v) is 17.7. The number of rotatable bonds is 16. The fourth-order valence-corrected chi connectivity index (χ4v) is 10.1. The van der Waals surface area contributed by atoms with E-state index in [1.54, 1.807) is 21.3 Å². The molecule has 0 saturated heterocycles. The topological polar surface area (TPSA) is 110 Å². The third-order valence-corrected chi connectivity index (χ3v) is 13.8. The second kappa shape index (κ2) is 19.8. The molecule has 4 aromatic carbocycles. The van der Waals surface area contributed by atoms with Crippen LogP contribution in [0, 0.1) is 0 Å². The zero-order chi connectivity index (χ0) is 43.1. The first-order valence-corrected chi connectivity index (χ1v) is 22.6. The van der Waals surface area contributed by atoms with E-state index in [2.05, 4.69) is 44.1 Å². The molecular formula is C51H66N2O8. The van der Waals surface area contributed by atoms with Gasteiger partial charge in [0.15, 0.2) is 34.5 Å². The van der Waals surface area contributed by atoms with Crippen LogP contribution in [-0.4, -0.2) is 75.0 Å². The van der Waals surface area contributed by atoms with Crippen molar-refractivity contribution in [1.82, 2.24) is 4.90 Å². The lowest BCUT2D eigenvalue weighted by Gasteiger charge is -2.51. The van der Waals surface area contributed by atoms with Gasteiger partial charge in [0, 0.05) is 43.0 Å². The van der Waals surface area contributed by atoms with E-state index in [0.717, 1.165) is 65.6 Å². The van der Waals surface area contributed by atoms with Crippen molar-refractivity contribution in [3.8, 4) is 46.0 Å². The van der Waals surface area contributed by atoms with Gasteiger partial charge in [0.25, 0.3) is 0 Å². The number of hydrogen-bond donors (Lipinski definition) is 1. The molecular weight excluding hydrogens is 769 g/mol. The van der Waals surface area contributed by atoms with E-state index in [1.807, 2.05) is 42.5 Å². The first-order chi connectivity index (χ1) is 29.6. The summed E-state index contributed by atoms with van der Waals surface area (Å²) in [6.07, 6.45) is 15.0. The summed E-state index contributed by atoms with van der Waals surface area (Å²) in [5.41, 5.74) is 6.10. The number of carbonyl (C=O) groups is 1. The predicted octanol–water partition coefficient (Wildman–Crippen LogP) is 9.80. The minimum absolute atomic E-state index is 0.0836. The molecule has 61 heavy (non-hydrogen) atoms. The van der Waals surface area contributed by atoms with Gasteiger partial charge < -0.3 is 43.2 Å². The summed E-state index contributed by atoms with van der Waals surface area (Å²) in [6, 6.07) is 19.0. The van der Waals surface area contributed by atoms with Crippen molar-refractivity contribution in [2.75, 3.05) is 48.5 Å². The van der Waals surface area contributed by atoms with Crippen LogP contribution in [0.4, 0.5) is 0 Å². The van der Waals surface area contributed by atoms with Gasteiger partial charge in [-0.25, -0.2) is 0 Å². The average molecular weight is 835 g/mol. The zero-order valence-electron chi connectivity index (χ0n) is 37.2. The highest BCUT2D eigenvalue weighted by Gasteiger charge is 2.46. The fourth-order valence-electron chi connectivity index (χ4n) is 10.1. The molecule has 0 radical (unpaired) electrons. The normalized spacial score (nSPS) is 20.0. The van der Waals surface area contributed by atoms with E-state index in [4.69, 9.17) is 23.7 Å². The van der Waals surface area contributed by atoms with Crippen molar-refractivity contribution in [3.63, 3.8) is 0 Å². The molecule has 328 valence electrons. The molecule has 1 N–H and O–H groups in total. The SMILES string of the molecule is CCCCCCCCCCCCC(C(=O)[O-])[N+]1(C)CCc2cc(OC)c3cc2C1Cc1ccc(cc1)Oc1cc(ccc1OC)CC1c2c(cc(OC)c(O)c2O3)CCN1C. The maximum atomic E-state index is 13.3. The van der Waals surface area contributed by atoms with Gasteiger partial charge in [-0.3, -0.25) is 4.90 Å². The number of aliphatic carboxylic acids is 1. The molecule has 10 heteroatoms. The molecule has 4 atom stereocenters. The summed E-state index contributed by atoms with van der Waals surface area (Å²) in [5, 5.41) is 25.3. The summed E-state index contributed by atoms with van der Waals surface area (Å²) >= 11 is 0. The van der Waals surface area contributed by atoms with E-state index in [9.17, 15) is 15.0 Å². The molecule has 10 nitrogen and oxygen atoms in total. The van der Waals surface area contributed by atoms with Crippen LogP contribution in [0.25, 0.3) is 0 Å². The van der Waals surface area contributed by atoms with Crippen molar-refractivity contribution in [2.24, 2.45) is 0 Å². The number of methoxy groups -OCH3 is 3. The van der Waals surface area contributed by atoms with Crippen molar-refractivity contribution >= 4 is 5.97 Å². The van der Waals surface area contributed by atoms with Gasteiger partial charge in [-0.2, -0.15) is 0 Å². The van der Waals surface area contributed by atoms with Gasteiger partial charge in [0.1, 0.15) is 17.8 Å². The van der Waals surface area contributed by atoms with Gasteiger partial charge in [-0.05, 0) is 91.0 Å². The van der Waals surface area contributed by atoms with Crippen LogP contribution in [0.3, 0.4) is 0 Å². The minimum atomic E-state index is -1.01. The lowest BCUT2D eigenvalue weighted by molar-refractivity contribution is -0.958. The van der Waals surface area contributed by atoms with Crippen molar-refractivity contribution in [1.29, 1.82) is 0 Å². The average Bonchev–Trinajstić information content (AvgIpc) is 3.25. The Morgan fingerprint density at radius 1 is 0.787 bits per heavy atom. The largest absolute Gasteiger partial charge is 0.544 e. The summed E-state index contributed by atoms with van der Waals surface area (Å²) < 4.78 is 31.3. The van der Waals surface area contributed by atoms with Crippen LogP contribution in [-0.2, 0) is 30.5 Å². The highest BCUT2D eigenvalue weighted by atomic mass is 16.5.